The number of hydrogen-bond donors (Lipinski definition) is 3. The van der Waals surface area contributed by atoms with Gasteiger partial charge in [-0.15, -0.1) is 0 Å². The van der Waals surface area contributed by atoms with E-state index < -0.39 is 24.8 Å². The molecule has 18 heavy (non-hydrogen) atoms. The van der Waals surface area contributed by atoms with Gasteiger partial charge in [0.05, 0.1) is 24.0 Å². The molecule has 1 aromatic heterocycles. The number of pyridine rings is 1. The lowest BCUT2D eigenvalue weighted by Crippen LogP contribution is -2.35. The van der Waals surface area contributed by atoms with Gasteiger partial charge in [-0.1, -0.05) is 0 Å². The predicted octanol–water partition coefficient (Wildman–Crippen LogP) is 1.07. The van der Waals surface area contributed by atoms with Crippen molar-refractivity contribution in [2.45, 2.75) is 12.3 Å². The van der Waals surface area contributed by atoms with Crippen molar-refractivity contribution in [3.63, 3.8) is 0 Å². The van der Waals surface area contributed by atoms with Crippen molar-refractivity contribution in [3.05, 3.63) is 17.8 Å². The normalized spacial score (nSPS) is 11.6. The third-order valence-electron chi connectivity index (χ3n) is 2.02. The van der Waals surface area contributed by atoms with Crippen molar-refractivity contribution in [1.29, 1.82) is 0 Å². The first-order valence-electron chi connectivity index (χ1n) is 4.69. The van der Waals surface area contributed by atoms with Gasteiger partial charge in [-0.25, -0.2) is 13.8 Å². The summed E-state index contributed by atoms with van der Waals surface area (Å²) in [6, 6.07) is 1.01. The number of primary amides is 1. The Morgan fingerprint density at radius 2 is 2.11 bits per heavy atom. The highest BCUT2D eigenvalue weighted by Gasteiger charge is 2.40. The van der Waals surface area contributed by atoms with Gasteiger partial charge in [0.15, 0.2) is 0 Å². The first kappa shape index (κ1) is 14.0. The Bertz CT molecular complexity index is 452. The van der Waals surface area contributed by atoms with E-state index in [2.05, 4.69) is 4.98 Å². The zero-order chi connectivity index (χ0) is 13.9. The summed E-state index contributed by atoms with van der Waals surface area (Å²) in [5.41, 5.74) is 10.2. The Morgan fingerprint density at radius 1 is 1.50 bits per heavy atom. The van der Waals surface area contributed by atoms with Crippen LogP contribution in [0.2, 0.25) is 0 Å². The van der Waals surface area contributed by atoms with Gasteiger partial charge in [-0.3, -0.25) is 4.79 Å². The van der Waals surface area contributed by atoms with E-state index in [1.807, 2.05) is 5.32 Å². The Hall–Kier alpha value is -2.06. The van der Waals surface area contributed by atoms with E-state index in [0.717, 1.165) is 12.3 Å². The van der Waals surface area contributed by atoms with Crippen LogP contribution in [0.3, 0.4) is 0 Å². The van der Waals surface area contributed by atoms with Crippen LogP contribution >= 0.6 is 0 Å². The van der Waals surface area contributed by atoms with E-state index in [9.17, 15) is 22.4 Å². The fourth-order valence-corrected chi connectivity index (χ4v) is 1.06. The van der Waals surface area contributed by atoms with Crippen LogP contribution in [-0.4, -0.2) is 29.8 Å². The first-order chi connectivity index (χ1) is 8.24. The molecule has 0 spiro atoms. The molecule has 9 heteroatoms. The van der Waals surface area contributed by atoms with E-state index in [-0.39, 0.29) is 17.1 Å². The van der Waals surface area contributed by atoms with Crippen LogP contribution in [0.5, 0.6) is 0 Å². The minimum atomic E-state index is -4.20. The zero-order valence-corrected chi connectivity index (χ0v) is 8.96. The lowest BCUT2D eigenvalue weighted by molar-refractivity contribution is -0.117. The van der Waals surface area contributed by atoms with Gasteiger partial charge in [0.2, 0.25) is 0 Å². The second-order valence-electron chi connectivity index (χ2n) is 3.44. The number of nitrogens with zero attached hydrogens (tertiary/aromatic N) is 1. The maximum atomic E-state index is 12.6. The van der Waals surface area contributed by atoms with E-state index in [0.29, 0.717) is 0 Å². The highest BCUT2D eigenvalue weighted by atomic mass is 19.3. The minimum absolute atomic E-state index is 0.0336. The molecule has 0 unspecified atom stereocenters. The third-order valence-corrected chi connectivity index (χ3v) is 2.02. The molecule has 1 rings (SSSR count). The second-order valence-corrected chi connectivity index (χ2v) is 3.44. The first-order valence-corrected chi connectivity index (χ1v) is 4.69. The van der Waals surface area contributed by atoms with Gasteiger partial charge in [-0.05, 0) is 6.07 Å². The van der Waals surface area contributed by atoms with Crippen LogP contribution in [0.4, 0.5) is 29.1 Å². The second kappa shape index (κ2) is 5.07. The van der Waals surface area contributed by atoms with Crippen molar-refractivity contribution >= 4 is 17.4 Å². The van der Waals surface area contributed by atoms with Gasteiger partial charge >= 0.3 is 12.3 Å². The smallest absolute Gasteiger partial charge is 0.324 e. The number of aromatic nitrogens is 1. The number of alkyl halides is 4. The summed E-state index contributed by atoms with van der Waals surface area (Å²) in [6.07, 6.45) is -2.78. The molecule has 0 aliphatic heterocycles. The molecule has 0 aromatic carbocycles. The minimum Gasteiger partial charge on any atom is -0.397 e. The molecule has 1 aromatic rings. The van der Waals surface area contributed by atoms with Gasteiger partial charge in [0.25, 0.3) is 5.91 Å². The molecule has 0 saturated heterocycles. The quantitative estimate of drug-likeness (QED) is 0.695. The van der Waals surface area contributed by atoms with Crippen LogP contribution in [0, 0.1) is 0 Å². The van der Waals surface area contributed by atoms with Crippen molar-refractivity contribution in [2.24, 2.45) is 5.73 Å². The summed E-state index contributed by atoms with van der Waals surface area (Å²) in [5, 5.41) is 1.98. The Labute approximate surface area is 99.2 Å². The van der Waals surface area contributed by atoms with Crippen LogP contribution in [0.25, 0.3) is 0 Å². The van der Waals surface area contributed by atoms with Crippen LogP contribution in [-0.2, 0) is 0 Å². The molecule has 0 aliphatic rings. The van der Waals surface area contributed by atoms with Crippen LogP contribution in [0.1, 0.15) is 10.4 Å². The summed E-state index contributed by atoms with van der Waals surface area (Å²) in [6.45, 7) is -1.32. The number of nitrogens with two attached hydrogens (primary N) is 2. The summed E-state index contributed by atoms with van der Waals surface area (Å²) >= 11 is 0. The van der Waals surface area contributed by atoms with Gasteiger partial charge in [0.1, 0.15) is 5.82 Å². The average Bonchev–Trinajstić information content (AvgIpc) is 2.27. The molecular formula is C9H10F4N4O. The van der Waals surface area contributed by atoms with Crippen LogP contribution in [0.15, 0.2) is 12.3 Å². The predicted molar refractivity (Wildman–Crippen MR) is 56.6 cm³/mol. The summed E-state index contributed by atoms with van der Waals surface area (Å²) in [4.78, 5) is 14.5. The maximum Gasteiger partial charge on any atom is 0.324 e. The molecule has 0 saturated carbocycles. The fourth-order valence-electron chi connectivity index (χ4n) is 1.06. The number of carbonyl (C=O) groups is 1. The SMILES string of the molecule is NC(=O)c1cc(NCC(F)(F)C(F)F)ncc1N. The van der Waals surface area contributed by atoms with Crippen molar-refractivity contribution in [3.8, 4) is 0 Å². The highest BCUT2D eigenvalue weighted by Crippen LogP contribution is 2.23. The number of anilines is 2. The van der Waals surface area contributed by atoms with Gasteiger partial charge < -0.3 is 16.8 Å². The van der Waals surface area contributed by atoms with E-state index in [4.69, 9.17) is 11.5 Å². The molecule has 100 valence electrons. The zero-order valence-electron chi connectivity index (χ0n) is 8.96. The lowest BCUT2D eigenvalue weighted by Gasteiger charge is -2.16. The molecule has 0 radical (unpaired) electrons. The topological polar surface area (TPSA) is 94.0 Å². The number of rotatable bonds is 5. The van der Waals surface area contributed by atoms with Crippen LogP contribution < -0.4 is 16.8 Å². The Morgan fingerprint density at radius 3 is 2.61 bits per heavy atom. The van der Waals surface area contributed by atoms with Gasteiger partial charge in [-0.2, -0.15) is 8.78 Å². The van der Waals surface area contributed by atoms with E-state index in [1.165, 1.54) is 0 Å². The monoisotopic (exact) mass is 266 g/mol. The summed E-state index contributed by atoms with van der Waals surface area (Å²) < 4.78 is 49.0. The number of halogens is 4. The molecule has 1 amide bonds. The summed E-state index contributed by atoms with van der Waals surface area (Å²) in [7, 11) is 0. The molecule has 0 fully saturated rings. The lowest BCUT2D eigenvalue weighted by atomic mass is 10.2. The molecule has 0 bridgehead atoms. The molecule has 1 heterocycles. The number of nitrogens with one attached hydrogen (secondary N) is 1. The molecule has 0 atom stereocenters. The average molecular weight is 266 g/mol. The maximum absolute atomic E-state index is 12.6. The number of hydrogen-bond acceptors (Lipinski definition) is 4. The molecular weight excluding hydrogens is 256 g/mol. The Balaban J connectivity index is 2.81. The largest absolute Gasteiger partial charge is 0.397 e. The van der Waals surface area contributed by atoms with Crippen molar-refractivity contribution in [1.82, 2.24) is 4.98 Å². The van der Waals surface area contributed by atoms with E-state index >= 15 is 0 Å². The van der Waals surface area contributed by atoms with Gasteiger partial charge in [0, 0.05) is 0 Å². The number of amides is 1. The molecule has 0 aliphatic carbocycles. The highest BCUT2D eigenvalue weighted by molar-refractivity contribution is 5.98. The van der Waals surface area contributed by atoms with Crippen molar-refractivity contribution < 1.29 is 22.4 Å². The standard InChI is InChI=1S/C9H10F4N4O/c10-8(11)9(12,13)3-17-6-1-4(7(15)18)5(14)2-16-6/h1-2,8H,3,14H2,(H2,15,18)(H,16,17). The molecule has 5 nitrogen and oxygen atoms in total. The van der Waals surface area contributed by atoms with Crippen molar-refractivity contribution in [2.75, 3.05) is 17.6 Å². The molecule has 5 N–H and O–H groups in total. The third kappa shape index (κ3) is 3.22. The van der Waals surface area contributed by atoms with E-state index in [1.54, 1.807) is 0 Å². The fraction of sp³-hybridized carbons (Fsp3) is 0.333. The number of nitrogen functional groups attached to an aromatic ring is 1. The number of carbonyl (C=O) groups excluding carboxylic acids is 1. The Kier molecular flexibility index (Phi) is 3.94. The summed E-state index contributed by atoms with van der Waals surface area (Å²) in [5.74, 6) is -5.27.